The number of ether oxygens (including phenoxy) is 1. The third-order valence-corrected chi connectivity index (χ3v) is 3.92. The van der Waals surface area contributed by atoms with Gasteiger partial charge in [0.05, 0.1) is 5.02 Å². The van der Waals surface area contributed by atoms with E-state index in [1.165, 1.54) is 5.56 Å². The van der Waals surface area contributed by atoms with Gasteiger partial charge in [0, 0.05) is 6.04 Å². The van der Waals surface area contributed by atoms with Crippen LogP contribution < -0.4 is 10.5 Å². The molecule has 112 valence electrons. The first-order valence-electron chi connectivity index (χ1n) is 7.44. The minimum absolute atomic E-state index is 0.118. The summed E-state index contributed by atoms with van der Waals surface area (Å²) in [5.74, 6) is 1.59. The number of aryl methyl sites for hydroxylation is 1. The highest BCUT2D eigenvalue weighted by Gasteiger charge is 2.13. The van der Waals surface area contributed by atoms with Crippen molar-refractivity contribution in [2.75, 3.05) is 0 Å². The largest absolute Gasteiger partial charge is 0.455 e. The van der Waals surface area contributed by atoms with Crippen LogP contribution >= 0.6 is 11.6 Å². The van der Waals surface area contributed by atoms with Gasteiger partial charge in [-0.25, -0.2) is 0 Å². The van der Waals surface area contributed by atoms with E-state index in [2.05, 4.69) is 19.9 Å². The summed E-state index contributed by atoms with van der Waals surface area (Å²) in [6.07, 6.45) is 2.61. The first-order chi connectivity index (χ1) is 10.2. The van der Waals surface area contributed by atoms with E-state index in [9.17, 15) is 0 Å². The quantitative estimate of drug-likeness (QED) is 0.817. The zero-order valence-corrected chi connectivity index (χ0v) is 13.4. The highest BCUT2D eigenvalue weighted by Crippen LogP contribution is 2.35. The molecule has 0 fully saturated rings. The second-order valence-corrected chi connectivity index (χ2v) is 5.57. The molecule has 0 aliphatic carbocycles. The van der Waals surface area contributed by atoms with Crippen LogP contribution in [0.2, 0.25) is 5.02 Å². The van der Waals surface area contributed by atoms with E-state index in [1.807, 2.05) is 36.4 Å². The topological polar surface area (TPSA) is 35.2 Å². The second-order valence-electron chi connectivity index (χ2n) is 5.16. The minimum Gasteiger partial charge on any atom is -0.455 e. The lowest BCUT2D eigenvalue weighted by Crippen LogP contribution is -2.21. The molecule has 2 aromatic carbocycles. The first-order valence-corrected chi connectivity index (χ1v) is 7.82. The Kier molecular flexibility index (Phi) is 5.66. The maximum absolute atomic E-state index is 6.34. The summed E-state index contributed by atoms with van der Waals surface area (Å²) in [7, 11) is 0. The molecule has 0 aromatic heterocycles. The van der Waals surface area contributed by atoms with Crippen molar-refractivity contribution in [1.29, 1.82) is 0 Å². The van der Waals surface area contributed by atoms with Crippen LogP contribution in [0.15, 0.2) is 42.5 Å². The summed E-state index contributed by atoms with van der Waals surface area (Å²) in [4.78, 5) is 0. The molecule has 0 bridgehead atoms. The van der Waals surface area contributed by atoms with Gasteiger partial charge < -0.3 is 10.5 Å². The van der Waals surface area contributed by atoms with Crippen LogP contribution in [0, 0.1) is 0 Å². The van der Waals surface area contributed by atoms with Crippen molar-refractivity contribution in [2.45, 2.75) is 39.2 Å². The van der Waals surface area contributed by atoms with Gasteiger partial charge in [-0.2, -0.15) is 0 Å². The summed E-state index contributed by atoms with van der Waals surface area (Å²) < 4.78 is 6.12. The molecule has 0 saturated carbocycles. The van der Waals surface area contributed by atoms with E-state index in [0.717, 1.165) is 36.3 Å². The lowest BCUT2D eigenvalue weighted by atomic mass is 10.0. The maximum Gasteiger partial charge on any atom is 0.149 e. The van der Waals surface area contributed by atoms with Crippen LogP contribution in [0.25, 0.3) is 0 Å². The molecule has 1 unspecified atom stereocenters. The van der Waals surface area contributed by atoms with Crippen molar-refractivity contribution in [1.82, 2.24) is 0 Å². The third-order valence-electron chi connectivity index (χ3n) is 3.62. The highest BCUT2D eigenvalue weighted by atomic mass is 35.5. The molecule has 0 aliphatic heterocycles. The number of benzene rings is 2. The Labute approximate surface area is 131 Å². The number of nitrogens with two attached hydrogens (primary N) is 1. The predicted molar refractivity (Wildman–Crippen MR) is 89.3 cm³/mol. The van der Waals surface area contributed by atoms with Gasteiger partial charge in [-0.15, -0.1) is 0 Å². The maximum atomic E-state index is 6.34. The summed E-state index contributed by atoms with van der Waals surface area (Å²) >= 11 is 6.34. The van der Waals surface area contributed by atoms with Crippen molar-refractivity contribution in [3.63, 3.8) is 0 Å². The molecule has 3 heteroatoms. The summed E-state index contributed by atoms with van der Waals surface area (Å²) in [5, 5.41) is 0.627. The molecule has 0 heterocycles. The average molecular weight is 304 g/mol. The fraction of sp³-hybridized carbons (Fsp3) is 0.333. The van der Waals surface area contributed by atoms with Crippen LogP contribution in [0.1, 0.15) is 31.4 Å². The Balaban J connectivity index is 2.34. The fourth-order valence-electron chi connectivity index (χ4n) is 2.26. The standard InChI is InChI=1S/C18H22ClNO/c1-3-13-8-5-6-11-17(13)21-18-14(12-15(20)4-2)9-7-10-16(18)19/h5-11,15H,3-4,12,20H2,1-2H3. The van der Waals surface area contributed by atoms with E-state index < -0.39 is 0 Å². The molecule has 2 aromatic rings. The van der Waals surface area contributed by atoms with E-state index in [4.69, 9.17) is 22.1 Å². The van der Waals surface area contributed by atoms with Crippen LogP contribution in [0.3, 0.4) is 0 Å². The number of para-hydroxylation sites is 2. The smallest absolute Gasteiger partial charge is 0.149 e. The van der Waals surface area contributed by atoms with Gasteiger partial charge in [-0.05, 0) is 42.5 Å². The van der Waals surface area contributed by atoms with Crippen molar-refractivity contribution < 1.29 is 4.74 Å². The first kappa shape index (κ1) is 15.9. The fourth-order valence-corrected chi connectivity index (χ4v) is 2.49. The zero-order valence-electron chi connectivity index (χ0n) is 12.6. The zero-order chi connectivity index (χ0) is 15.2. The van der Waals surface area contributed by atoms with E-state index in [1.54, 1.807) is 0 Å². The molecule has 0 aliphatic rings. The summed E-state index contributed by atoms with van der Waals surface area (Å²) in [6.45, 7) is 4.20. The van der Waals surface area contributed by atoms with E-state index in [0.29, 0.717) is 5.02 Å². The molecule has 2 nitrogen and oxygen atoms in total. The third kappa shape index (κ3) is 3.99. The normalized spacial score (nSPS) is 12.2. The van der Waals surface area contributed by atoms with Gasteiger partial charge in [-0.3, -0.25) is 0 Å². The van der Waals surface area contributed by atoms with Crippen LogP contribution in [0.4, 0.5) is 0 Å². The number of rotatable bonds is 6. The Hall–Kier alpha value is -1.51. The lowest BCUT2D eigenvalue weighted by Gasteiger charge is -2.17. The Morgan fingerprint density at radius 2 is 1.76 bits per heavy atom. The van der Waals surface area contributed by atoms with Crippen molar-refractivity contribution in [3.05, 3.63) is 58.6 Å². The van der Waals surface area contributed by atoms with Gasteiger partial charge in [0.1, 0.15) is 11.5 Å². The number of halogens is 1. The molecular weight excluding hydrogens is 282 g/mol. The molecule has 0 amide bonds. The Bertz CT molecular complexity index is 598. The van der Waals surface area contributed by atoms with E-state index >= 15 is 0 Å². The summed E-state index contributed by atoms with van der Waals surface area (Å²) in [5.41, 5.74) is 8.30. The second kappa shape index (κ2) is 7.48. The van der Waals surface area contributed by atoms with E-state index in [-0.39, 0.29) is 6.04 Å². The van der Waals surface area contributed by atoms with Crippen molar-refractivity contribution in [3.8, 4) is 11.5 Å². The lowest BCUT2D eigenvalue weighted by molar-refractivity contribution is 0.467. The van der Waals surface area contributed by atoms with Crippen molar-refractivity contribution >= 4 is 11.6 Å². The van der Waals surface area contributed by atoms with Gasteiger partial charge in [-0.1, -0.05) is 55.8 Å². The SMILES string of the molecule is CCc1ccccc1Oc1c(Cl)cccc1CC(N)CC. The van der Waals surface area contributed by atoms with Crippen LogP contribution in [-0.2, 0) is 12.8 Å². The van der Waals surface area contributed by atoms with Crippen LogP contribution in [-0.4, -0.2) is 6.04 Å². The molecule has 2 N–H and O–H groups in total. The average Bonchev–Trinajstić information content (AvgIpc) is 2.51. The van der Waals surface area contributed by atoms with Crippen molar-refractivity contribution in [2.24, 2.45) is 5.73 Å². The molecule has 1 atom stereocenters. The highest BCUT2D eigenvalue weighted by molar-refractivity contribution is 6.32. The summed E-state index contributed by atoms with van der Waals surface area (Å²) in [6, 6.07) is 14.0. The molecule has 2 rings (SSSR count). The number of hydrogen-bond donors (Lipinski definition) is 1. The van der Waals surface area contributed by atoms with Gasteiger partial charge >= 0.3 is 0 Å². The number of hydrogen-bond acceptors (Lipinski definition) is 2. The molecule has 0 saturated heterocycles. The van der Waals surface area contributed by atoms with Crippen LogP contribution in [0.5, 0.6) is 11.5 Å². The van der Waals surface area contributed by atoms with Gasteiger partial charge in [0.15, 0.2) is 0 Å². The molecule has 0 spiro atoms. The Morgan fingerprint density at radius 3 is 2.48 bits per heavy atom. The molecular formula is C18H22ClNO. The monoisotopic (exact) mass is 303 g/mol. The minimum atomic E-state index is 0.118. The van der Waals surface area contributed by atoms with Gasteiger partial charge in [0.2, 0.25) is 0 Å². The Morgan fingerprint density at radius 1 is 1.05 bits per heavy atom. The predicted octanol–water partition coefficient (Wildman–Crippen LogP) is 4.97. The van der Waals surface area contributed by atoms with Gasteiger partial charge in [0.25, 0.3) is 0 Å². The molecule has 0 radical (unpaired) electrons. The molecule has 21 heavy (non-hydrogen) atoms.